The zero-order valence-electron chi connectivity index (χ0n) is 8.90. The second-order valence-electron chi connectivity index (χ2n) is 4.36. The third-order valence-corrected chi connectivity index (χ3v) is 3.00. The molecule has 1 fully saturated rings. The first-order valence-electron chi connectivity index (χ1n) is 5.40. The van der Waals surface area contributed by atoms with E-state index in [-0.39, 0.29) is 12.5 Å². The van der Waals surface area contributed by atoms with Crippen LogP contribution >= 0.6 is 0 Å². The van der Waals surface area contributed by atoms with Gasteiger partial charge in [0.15, 0.2) is 0 Å². The Morgan fingerprint density at radius 1 is 1.47 bits per heavy atom. The molecule has 1 unspecified atom stereocenters. The summed E-state index contributed by atoms with van der Waals surface area (Å²) in [6.07, 6.45) is 2.48. The second-order valence-corrected chi connectivity index (χ2v) is 4.36. The van der Waals surface area contributed by atoms with Crippen LogP contribution in [0.4, 0.5) is 0 Å². The molecule has 0 bridgehead atoms. The predicted molar refractivity (Wildman–Crippen MR) is 58.6 cm³/mol. The van der Waals surface area contributed by atoms with Crippen LogP contribution in [0.1, 0.15) is 48.3 Å². The molecule has 2 nitrogen and oxygen atoms in total. The van der Waals surface area contributed by atoms with Crippen LogP contribution in [0.15, 0.2) is 18.2 Å². The SMILES string of the molecule is CC(CO)c1cc(C#N)cc(C2CC2)c1. The quantitative estimate of drug-likeness (QED) is 0.816. The number of hydrogen-bond acceptors (Lipinski definition) is 2. The molecule has 0 aliphatic heterocycles. The van der Waals surface area contributed by atoms with Crippen molar-refractivity contribution >= 4 is 0 Å². The van der Waals surface area contributed by atoms with Crippen LogP contribution in [0.25, 0.3) is 0 Å². The summed E-state index contributed by atoms with van der Waals surface area (Å²) in [6, 6.07) is 8.19. The molecule has 78 valence electrons. The molecule has 1 aromatic carbocycles. The number of nitrogens with zero attached hydrogens (tertiary/aromatic N) is 1. The third-order valence-electron chi connectivity index (χ3n) is 3.00. The fourth-order valence-electron chi connectivity index (χ4n) is 1.78. The molecular formula is C13H15NO. The van der Waals surface area contributed by atoms with Gasteiger partial charge in [0, 0.05) is 12.5 Å². The molecule has 15 heavy (non-hydrogen) atoms. The van der Waals surface area contributed by atoms with Crippen LogP contribution in [0.3, 0.4) is 0 Å². The molecule has 1 aliphatic rings. The monoisotopic (exact) mass is 201 g/mol. The molecule has 0 radical (unpaired) electrons. The Labute approximate surface area is 90.2 Å². The fraction of sp³-hybridized carbons (Fsp3) is 0.462. The highest BCUT2D eigenvalue weighted by molar-refractivity contribution is 5.41. The van der Waals surface area contributed by atoms with E-state index in [0.717, 1.165) is 11.1 Å². The molecule has 1 N–H and O–H groups in total. The lowest BCUT2D eigenvalue weighted by atomic mass is 9.95. The summed E-state index contributed by atoms with van der Waals surface area (Å²) in [4.78, 5) is 0. The number of nitriles is 1. The Balaban J connectivity index is 2.37. The third kappa shape index (κ3) is 2.19. The van der Waals surface area contributed by atoms with Crippen molar-refractivity contribution in [2.24, 2.45) is 0 Å². The normalized spacial score (nSPS) is 17.1. The topological polar surface area (TPSA) is 44.0 Å². The Morgan fingerprint density at radius 3 is 2.73 bits per heavy atom. The summed E-state index contributed by atoms with van der Waals surface area (Å²) in [6.45, 7) is 2.12. The van der Waals surface area contributed by atoms with E-state index in [1.165, 1.54) is 18.4 Å². The van der Waals surface area contributed by atoms with Gasteiger partial charge in [0.05, 0.1) is 11.6 Å². The van der Waals surface area contributed by atoms with Crippen LogP contribution in [0.2, 0.25) is 0 Å². The minimum atomic E-state index is 0.121. The smallest absolute Gasteiger partial charge is 0.0991 e. The molecule has 2 rings (SSSR count). The van der Waals surface area contributed by atoms with Gasteiger partial charge >= 0.3 is 0 Å². The Morgan fingerprint density at radius 2 is 2.20 bits per heavy atom. The van der Waals surface area contributed by atoms with Crippen molar-refractivity contribution < 1.29 is 5.11 Å². The van der Waals surface area contributed by atoms with Gasteiger partial charge in [-0.1, -0.05) is 13.0 Å². The van der Waals surface area contributed by atoms with Gasteiger partial charge in [-0.15, -0.1) is 0 Å². The van der Waals surface area contributed by atoms with E-state index < -0.39 is 0 Å². The molecule has 0 heterocycles. The molecule has 0 amide bonds. The van der Waals surface area contributed by atoms with Gasteiger partial charge in [-0.3, -0.25) is 0 Å². The van der Waals surface area contributed by atoms with E-state index in [0.29, 0.717) is 5.92 Å². The molecule has 1 aromatic rings. The Bertz CT molecular complexity index is 401. The van der Waals surface area contributed by atoms with Crippen LogP contribution in [0.5, 0.6) is 0 Å². The molecule has 1 aliphatic carbocycles. The average Bonchev–Trinajstić information content (AvgIpc) is 3.11. The van der Waals surface area contributed by atoms with Gasteiger partial charge < -0.3 is 5.11 Å². The minimum absolute atomic E-state index is 0.121. The number of aliphatic hydroxyl groups is 1. The largest absolute Gasteiger partial charge is 0.396 e. The maximum Gasteiger partial charge on any atom is 0.0991 e. The van der Waals surface area contributed by atoms with Crippen molar-refractivity contribution in [3.8, 4) is 6.07 Å². The number of benzene rings is 1. The van der Waals surface area contributed by atoms with Crippen LogP contribution in [0, 0.1) is 11.3 Å². The summed E-state index contributed by atoms with van der Waals surface area (Å²) in [7, 11) is 0. The second kappa shape index (κ2) is 4.04. The molecular weight excluding hydrogens is 186 g/mol. The maximum atomic E-state index is 9.11. The summed E-state index contributed by atoms with van der Waals surface area (Å²) in [5.74, 6) is 0.777. The summed E-state index contributed by atoms with van der Waals surface area (Å²) < 4.78 is 0. The lowest BCUT2D eigenvalue weighted by molar-refractivity contribution is 0.273. The zero-order valence-corrected chi connectivity index (χ0v) is 8.90. The molecule has 1 saturated carbocycles. The highest BCUT2D eigenvalue weighted by Crippen LogP contribution is 2.41. The van der Waals surface area contributed by atoms with E-state index in [2.05, 4.69) is 12.1 Å². The fourth-order valence-corrected chi connectivity index (χ4v) is 1.78. The number of hydrogen-bond donors (Lipinski definition) is 1. The highest BCUT2D eigenvalue weighted by atomic mass is 16.3. The van der Waals surface area contributed by atoms with Crippen molar-refractivity contribution in [3.05, 3.63) is 34.9 Å². The lowest BCUT2D eigenvalue weighted by Crippen LogP contribution is -2.00. The molecule has 0 saturated heterocycles. The zero-order chi connectivity index (χ0) is 10.8. The van der Waals surface area contributed by atoms with Gasteiger partial charge in [-0.25, -0.2) is 0 Å². The van der Waals surface area contributed by atoms with Crippen LogP contribution in [-0.2, 0) is 0 Å². The van der Waals surface area contributed by atoms with Gasteiger partial charge in [0.2, 0.25) is 0 Å². The predicted octanol–water partition coefficient (Wildman–Crippen LogP) is 2.53. The first kappa shape index (κ1) is 10.2. The highest BCUT2D eigenvalue weighted by Gasteiger charge is 2.24. The van der Waals surface area contributed by atoms with Crippen molar-refractivity contribution in [1.29, 1.82) is 5.26 Å². The molecule has 0 aromatic heterocycles. The summed E-state index contributed by atoms with van der Waals surface area (Å²) >= 11 is 0. The molecule has 0 spiro atoms. The number of aliphatic hydroxyl groups excluding tert-OH is 1. The van der Waals surface area contributed by atoms with Gasteiger partial charge in [0.1, 0.15) is 0 Å². The molecule has 2 heteroatoms. The van der Waals surface area contributed by atoms with Crippen molar-refractivity contribution in [3.63, 3.8) is 0 Å². The van der Waals surface area contributed by atoms with Crippen molar-refractivity contribution in [2.45, 2.75) is 31.6 Å². The minimum Gasteiger partial charge on any atom is -0.396 e. The maximum absolute atomic E-state index is 9.11. The van der Waals surface area contributed by atoms with E-state index in [9.17, 15) is 0 Å². The van der Waals surface area contributed by atoms with Gasteiger partial charge in [0.25, 0.3) is 0 Å². The van der Waals surface area contributed by atoms with E-state index in [1.54, 1.807) is 0 Å². The standard InChI is InChI=1S/C13H15NO/c1-9(8-15)12-4-10(7-14)5-13(6-12)11-2-3-11/h4-6,9,11,15H,2-3,8H2,1H3. The summed E-state index contributed by atoms with van der Waals surface area (Å²) in [5, 5.41) is 18.0. The van der Waals surface area contributed by atoms with E-state index in [1.807, 2.05) is 19.1 Å². The Kier molecular flexibility index (Phi) is 2.75. The van der Waals surface area contributed by atoms with Gasteiger partial charge in [-0.05, 0) is 42.0 Å². The van der Waals surface area contributed by atoms with Crippen LogP contribution in [-0.4, -0.2) is 11.7 Å². The van der Waals surface area contributed by atoms with Crippen molar-refractivity contribution in [2.75, 3.05) is 6.61 Å². The number of rotatable bonds is 3. The summed E-state index contributed by atoms with van der Waals surface area (Å²) in [5.41, 5.74) is 3.07. The first-order chi connectivity index (χ1) is 7.24. The first-order valence-corrected chi connectivity index (χ1v) is 5.40. The van der Waals surface area contributed by atoms with E-state index >= 15 is 0 Å². The van der Waals surface area contributed by atoms with Crippen LogP contribution < -0.4 is 0 Å². The average molecular weight is 201 g/mol. The Hall–Kier alpha value is -1.33. The molecule has 1 atom stereocenters. The van der Waals surface area contributed by atoms with Crippen molar-refractivity contribution in [1.82, 2.24) is 0 Å². The van der Waals surface area contributed by atoms with E-state index in [4.69, 9.17) is 10.4 Å². The lowest BCUT2D eigenvalue weighted by Gasteiger charge is -2.10. The van der Waals surface area contributed by atoms with Gasteiger partial charge in [-0.2, -0.15) is 5.26 Å².